The summed E-state index contributed by atoms with van der Waals surface area (Å²) < 4.78 is 5.56. The maximum Gasteiger partial charge on any atom is 0.251 e. The number of hydrogen-bond acceptors (Lipinski definition) is 4. The molecule has 0 aromatic heterocycles. The fourth-order valence-corrected chi connectivity index (χ4v) is 4.72. The minimum Gasteiger partial charge on any atom is -0.372 e. The van der Waals surface area contributed by atoms with Gasteiger partial charge in [0.05, 0.1) is 0 Å². The molecule has 1 N–H and O–H groups in total. The van der Waals surface area contributed by atoms with Gasteiger partial charge in [-0.2, -0.15) is 0 Å². The summed E-state index contributed by atoms with van der Waals surface area (Å²) in [5, 5.41) is 3.49. The maximum atomic E-state index is 12.5. The number of piperazine rings is 1. The van der Waals surface area contributed by atoms with Crippen molar-refractivity contribution in [2.24, 2.45) is 10.9 Å². The van der Waals surface area contributed by atoms with E-state index in [4.69, 9.17) is 4.74 Å². The molecule has 0 bridgehead atoms. The standard InChI is InChI=1S/C24H37N5O2.HI/c1-19-9-11-27(12-10-19)21-7-5-20(6-8-21)18-26-24(25-2)29-15-13-28(14-16-29)23(30)22-4-3-17-31-22;/h5-8,19,22H,3-4,9-18H2,1-2H3,(H,25,26);1H. The minimum atomic E-state index is -0.222. The fraction of sp³-hybridized carbons (Fsp3) is 0.667. The van der Waals surface area contributed by atoms with Crippen LogP contribution in [0.5, 0.6) is 0 Å². The molecule has 1 aromatic carbocycles. The number of rotatable bonds is 4. The molecule has 7 nitrogen and oxygen atoms in total. The van der Waals surface area contributed by atoms with Crippen molar-refractivity contribution >= 4 is 41.5 Å². The van der Waals surface area contributed by atoms with E-state index in [1.807, 2.05) is 11.9 Å². The number of hydrogen-bond donors (Lipinski definition) is 1. The summed E-state index contributed by atoms with van der Waals surface area (Å²) in [5.41, 5.74) is 2.58. The quantitative estimate of drug-likeness (QED) is 0.352. The van der Waals surface area contributed by atoms with E-state index in [1.165, 1.54) is 24.1 Å². The van der Waals surface area contributed by atoms with Crippen molar-refractivity contribution in [3.8, 4) is 0 Å². The lowest BCUT2D eigenvalue weighted by Gasteiger charge is -2.37. The minimum absolute atomic E-state index is 0. The highest BCUT2D eigenvalue weighted by atomic mass is 127. The number of anilines is 1. The maximum absolute atomic E-state index is 12.5. The van der Waals surface area contributed by atoms with Crippen molar-refractivity contribution in [3.05, 3.63) is 29.8 Å². The van der Waals surface area contributed by atoms with Gasteiger partial charge in [0, 0.05) is 65.2 Å². The Kier molecular flexibility index (Phi) is 9.46. The third-order valence-electron chi connectivity index (χ3n) is 6.84. The zero-order valence-corrected chi connectivity index (χ0v) is 21.8. The summed E-state index contributed by atoms with van der Waals surface area (Å²) in [6, 6.07) is 8.91. The first kappa shape index (κ1) is 25.1. The number of nitrogens with zero attached hydrogens (tertiary/aromatic N) is 4. The molecule has 1 atom stereocenters. The van der Waals surface area contributed by atoms with Crippen LogP contribution in [-0.4, -0.2) is 80.7 Å². The number of ether oxygens (including phenoxy) is 1. The van der Waals surface area contributed by atoms with E-state index in [-0.39, 0.29) is 36.0 Å². The third-order valence-corrected chi connectivity index (χ3v) is 6.84. The molecule has 178 valence electrons. The Morgan fingerprint density at radius 3 is 2.28 bits per heavy atom. The molecular formula is C24H38IN5O2. The van der Waals surface area contributed by atoms with Crippen LogP contribution in [0, 0.1) is 5.92 Å². The van der Waals surface area contributed by atoms with Crippen LogP contribution in [0.2, 0.25) is 0 Å². The van der Waals surface area contributed by atoms with Gasteiger partial charge in [-0.05, 0) is 49.3 Å². The highest BCUT2D eigenvalue weighted by Gasteiger charge is 2.30. The number of amides is 1. The number of piperidine rings is 1. The first-order valence-electron chi connectivity index (χ1n) is 11.8. The Bertz CT molecular complexity index is 750. The Hall–Kier alpha value is -1.55. The van der Waals surface area contributed by atoms with E-state index in [0.29, 0.717) is 6.61 Å². The van der Waals surface area contributed by atoms with Crippen molar-refractivity contribution in [3.63, 3.8) is 0 Å². The van der Waals surface area contributed by atoms with Crippen LogP contribution in [0.4, 0.5) is 5.69 Å². The van der Waals surface area contributed by atoms with Crippen molar-refractivity contribution in [1.29, 1.82) is 0 Å². The van der Waals surface area contributed by atoms with Crippen LogP contribution in [-0.2, 0) is 16.1 Å². The van der Waals surface area contributed by atoms with Crippen molar-refractivity contribution in [2.75, 3.05) is 57.8 Å². The zero-order chi connectivity index (χ0) is 21.6. The highest BCUT2D eigenvalue weighted by Crippen LogP contribution is 2.23. The summed E-state index contributed by atoms with van der Waals surface area (Å²) in [7, 11) is 1.83. The molecule has 1 aromatic rings. The van der Waals surface area contributed by atoms with Crippen molar-refractivity contribution < 1.29 is 9.53 Å². The fourth-order valence-electron chi connectivity index (χ4n) is 4.72. The van der Waals surface area contributed by atoms with Gasteiger partial charge in [0.1, 0.15) is 6.10 Å². The smallest absolute Gasteiger partial charge is 0.251 e. The Morgan fingerprint density at radius 2 is 1.69 bits per heavy atom. The van der Waals surface area contributed by atoms with Crippen LogP contribution in [0.1, 0.15) is 38.2 Å². The molecule has 0 spiro atoms. The Morgan fingerprint density at radius 1 is 1.03 bits per heavy atom. The molecule has 4 rings (SSSR count). The Labute approximate surface area is 209 Å². The normalized spacial score (nSPS) is 22.6. The molecular weight excluding hydrogens is 517 g/mol. The molecule has 3 aliphatic rings. The molecule has 3 aliphatic heterocycles. The number of aliphatic imine (C=N–C) groups is 1. The van der Waals surface area contributed by atoms with Gasteiger partial charge in [-0.25, -0.2) is 0 Å². The van der Waals surface area contributed by atoms with Gasteiger partial charge in [-0.1, -0.05) is 19.1 Å². The molecule has 0 aliphatic carbocycles. The van der Waals surface area contributed by atoms with E-state index in [9.17, 15) is 4.79 Å². The van der Waals surface area contributed by atoms with E-state index < -0.39 is 0 Å². The molecule has 8 heteroatoms. The van der Waals surface area contributed by atoms with Gasteiger partial charge in [0.15, 0.2) is 5.96 Å². The molecule has 0 saturated carbocycles. The predicted octanol–water partition coefficient (Wildman–Crippen LogP) is 2.94. The molecule has 1 amide bonds. The first-order chi connectivity index (χ1) is 15.1. The Balaban J connectivity index is 0.00000289. The van der Waals surface area contributed by atoms with Gasteiger partial charge in [-0.3, -0.25) is 9.79 Å². The molecule has 3 fully saturated rings. The highest BCUT2D eigenvalue weighted by molar-refractivity contribution is 14.0. The largest absolute Gasteiger partial charge is 0.372 e. The average molecular weight is 556 g/mol. The van der Waals surface area contributed by atoms with Gasteiger partial charge in [0.2, 0.25) is 0 Å². The van der Waals surface area contributed by atoms with Crippen molar-refractivity contribution in [2.45, 2.75) is 45.3 Å². The summed E-state index contributed by atoms with van der Waals surface area (Å²) >= 11 is 0. The molecule has 3 heterocycles. The predicted molar refractivity (Wildman–Crippen MR) is 140 cm³/mol. The summed E-state index contributed by atoms with van der Waals surface area (Å²) in [6.07, 6.45) is 4.20. The van der Waals surface area contributed by atoms with Crippen LogP contribution in [0.15, 0.2) is 29.3 Å². The zero-order valence-electron chi connectivity index (χ0n) is 19.5. The molecule has 3 saturated heterocycles. The van der Waals surface area contributed by atoms with Crippen LogP contribution in [0.25, 0.3) is 0 Å². The van der Waals surface area contributed by atoms with E-state index in [1.54, 1.807) is 0 Å². The molecule has 32 heavy (non-hydrogen) atoms. The van der Waals surface area contributed by atoms with E-state index in [2.05, 4.69) is 51.3 Å². The monoisotopic (exact) mass is 555 g/mol. The van der Waals surface area contributed by atoms with Gasteiger partial charge >= 0.3 is 0 Å². The third kappa shape index (κ3) is 6.27. The molecule has 1 unspecified atom stereocenters. The lowest BCUT2D eigenvalue weighted by molar-refractivity contribution is -0.142. The van der Waals surface area contributed by atoms with Gasteiger partial charge in [0.25, 0.3) is 5.91 Å². The number of carbonyl (C=O) groups excluding carboxylic acids is 1. The lowest BCUT2D eigenvalue weighted by Crippen LogP contribution is -2.55. The van der Waals surface area contributed by atoms with Crippen LogP contribution in [0.3, 0.4) is 0 Å². The topological polar surface area (TPSA) is 60.4 Å². The van der Waals surface area contributed by atoms with Crippen LogP contribution >= 0.6 is 24.0 Å². The number of nitrogens with one attached hydrogen (secondary N) is 1. The number of halogens is 1. The number of guanidine groups is 1. The number of carbonyl (C=O) groups is 1. The summed E-state index contributed by atoms with van der Waals surface area (Å²) in [6.45, 7) is 9.17. The SMILES string of the molecule is CN=C(NCc1ccc(N2CCC(C)CC2)cc1)N1CCN(C(=O)C2CCCO2)CC1.I. The summed E-state index contributed by atoms with van der Waals surface area (Å²) in [4.78, 5) is 23.7. The average Bonchev–Trinajstić information content (AvgIpc) is 3.35. The lowest BCUT2D eigenvalue weighted by atomic mass is 9.99. The van der Waals surface area contributed by atoms with E-state index in [0.717, 1.165) is 70.5 Å². The van der Waals surface area contributed by atoms with Gasteiger partial charge < -0.3 is 24.8 Å². The van der Waals surface area contributed by atoms with Gasteiger partial charge in [-0.15, -0.1) is 24.0 Å². The second-order valence-corrected chi connectivity index (χ2v) is 9.05. The van der Waals surface area contributed by atoms with E-state index >= 15 is 0 Å². The second kappa shape index (κ2) is 12.1. The van der Waals surface area contributed by atoms with Crippen LogP contribution < -0.4 is 10.2 Å². The second-order valence-electron chi connectivity index (χ2n) is 9.05. The molecule has 0 radical (unpaired) electrons. The first-order valence-corrected chi connectivity index (χ1v) is 11.8. The number of benzene rings is 1. The summed E-state index contributed by atoms with van der Waals surface area (Å²) in [5.74, 6) is 1.91. The van der Waals surface area contributed by atoms with Crippen molar-refractivity contribution in [1.82, 2.24) is 15.1 Å².